The third kappa shape index (κ3) is 7.88. The van der Waals surface area contributed by atoms with Crippen LogP contribution in [0.15, 0.2) is 54.6 Å². The maximum absolute atomic E-state index is 14.1. The largest absolute Gasteiger partial charge is 0.493 e. The van der Waals surface area contributed by atoms with Crippen LogP contribution in [0.3, 0.4) is 0 Å². The Kier molecular flexibility index (Phi) is 12.3. The second kappa shape index (κ2) is 17.0. The van der Waals surface area contributed by atoms with Crippen molar-refractivity contribution in [1.82, 2.24) is 19.4 Å². The first-order valence-electron chi connectivity index (χ1n) is 19.1. The molecule has 0 saturated carbocycles. The molecule has 1 atom stereocenters. The molecule has 0 radical (unpaired) electrons. The maximum Gasteiger partial charge on any atom is 0.254 e. The van der Waals surface area contributed by atoms with Gasteiger partial charge in [0.2, 0.25) is 11.7 Å². The number of carbonyl (C=O) groups excluding carboxylic acids is 1. The molecule has 52 heavy (non-hydrogen) atoms. The van der Waals surface area contributed by atoms with E-state index in [1.54, 1.807) is 33.5 Å². The second-order valence-corrected chi connectivity index (χ2v) is 14.1. The summed E-state index contributed by atoms with van der Waals surface area (Å²) in [5.74, 6) is 2.38. The highest BCUT2D eigenvalue weighted by molar-refractivity contribution is 5.96. The summed E-state index contributed by atoms with van der Waals surface area (Å²) in [6, 6.07) is 19.3. The van der Waals surface area contributed by atoms with Gasteiger partial charge in [-0.05, 0) is 92.9 Å². The number of benzene rings is 3. The van der Waals surface area contributed by atoms with Crippen LogP contribution in [-0.2, 0) is 29.5 Å². The maximum atomic E-state index is 14.1. The predicted molar refractivity (Wildman–Crippen MR) is 207 cm³/mol. The SMILES string of the molecule is CCOCCn1c(NC2CCN(CCC3(c4ccc(CC)c(CC)c4)CCN(C(=O)c4cc(OC)c(OC)c(OC)c4)C3)CC2)nc2ccccc21. The Balaban J connectivity index is 1.16. The molecule has 1 unspecified atom stereocenters. The number of hydrogen-bond acceptors (Lipinski definition) is 8. The number of nitrogens with zero attached hydrogens (tertiary/aromatic N) is 4. The Hall–Kier alpha value is -4.28. The summed E-state index contributed by atoms with van der Waals surface area (Å²) in [6.07, 6.45) is 6.05. The lowest BCUT2D eigenvalue weighted by atomic mass is 9.75. The minimum absolute atomic E-state index is 0.0128. The summed E-state index contributed by atoms with van der Waals surface area (Å²) in [4.78, 5) is 23.7. The number of likely N-dealkylation sites (tertiary alicyclic amines) is 2. The average molecular weight is 712 g/mol. The average Bonchev–Trinajstić information content (AvgIpc) is 3.78. The molecule has 3 heterocycles. The summed E-state index contributed by atoms with van der Waals surface area (Å²) >= 11 is 0. The summed E-state index contributed by atoms with van der Waals surface area (Å²) in [6.45, 7) is 13.1. The van der Waals surface area contributed by atoms with Crippen LogP contribution in [-0.4, -0.2) is 98.6 Å². The van der Waals surface area contributed by atoms with Gasteiger partial charge in [0, 0.05) is 56.4 Å². The Bertz CT molecular complexity index is 1790. The van der Waals surface area contributed by atoms with E-state index in [1.807, 2.05) is 17.9 Å². The number of aryl methyl sites for hydroxylation is 2. The van der Waals surface area contributed by atoms with Crippen LogP contribution in [0.2, 0.25) is 0 Å². The molecular weight excluding hydrogens is 654 g/mol. The molecule has 10 nitrogen and oxygen atoms in total. The third-order valence-corrected chi connectivity index (χ3v) is 11.3. The molecule has 2 saturated heterocycles. The molecule has 4 aromatic rings. The fourth-order valence-electron chi connectivity index (χ4n) is 8.21. The van der Waals surface area contributed by atoms with Crippen LogP contribution in [0.25, 0.3) is 11.0 Å². The number of fused-ring (bicyclic) bond motifs is 1. The fourth-order valence-corrected chi connectivity index (χ4v) is 8.21. The molecule has 2 aliphatic heterocycles. The lowest BCUT2D eigenvalue weighted by molar-refractivity contribution is 0.0779. The minimum atomic E-state index is -0.132. The smallest absolute Gasteiger partial charge is 0.254 e. The number of piperidine rings is 1. The van der Waals surface area contributed by atoms with Gasteiger partial charge in [0.05, 0.1) is 39.0 Å². The summed E-state index contributed by atoms with van der Waals surface area (Å²) in [7, 11) is 4.74. The summed E-state index contributed by atoms with van der Waals surface area (Å²) < 4.78 is 24.6. The Labute approximate surface area is 309 Å². The van der Waals surface area contributed by atoms with Crippen molar-refractivity contribution in [3.05, 3.63) is 76.9 Å². The first kappa shape index (κ1) is 37.5. The Morgan fingerprint density at radius 1 is 0.885 bits per heavy atom. The van der Waals surface area contributed by atoms with E-state index in [4.69, 9.17) is 23.9 Å². The fraction of sp³-hybridized carbons (Fsp3) is 0.524. The molecule has 2 aliphatic rings. The van der Waals surface area contributed by atoms with Gasteiger partial charge in [-0.25, -0.2) is 4.98 Å². The highest BCUT2D eigenvalue weighted by atomic mass is 16.5. The van der Waals surface area contributed by atoms with Gasteiger partial charge in [0.1, 0.15) is 0 Å². The van der Waals surface area contributed by atoms with Gasteiger partial charge in [0.25, 0.3) is 5.91 Å². The van der Waals surface area contributed by atoms with E-state index < -0.39 is 0 Å². The summed E-state index contributed by atoms with van der Waals surface area (Å²) in [5.41, 5.74) is 6.73. The Morgan fingerprint density at radius 2 is 1.62 bits per heavy atom. The van der Waals surface area contributed by atoms with Crippen molar-refractivity contribution in [1.29, 1.82) is 0 Å². The molecule has 0 bridgehead atoms. The number of methoxy groups -OCH3 is 3. The van der Waals surface area contributed by atoms with Crippen molar-refractivity contribution in [3.8, 4) is 17.2 Å². The number of para-hydroxylation sites is 2. The van der Waals surface area contributed by atoms with Crippen LogP contribution in [0.4, 0.5) is 5.95 Å². The van der Waals surface area contributed by atoms with Gasteiger partial charge in [-0.1, -0.05) is 44.2 Å². The van der Waals surface area contributed by atoms with Crippen LogP contribution in [0, 0.1) is 0 Å². The molecule has 10 heteroatoms. The number of hydrogen-bond donors (Lipinski definition) is 1. The van der Waals surface area contributed by atoms with Gasteiger partial charge >= 0.3 is 0 Å². The van der Waals surface area contributed by atoms with E-state index in [2.05, 4.69) is 65.0 Å². The van der Waals surface area contributed by atoms with E-state index in [9.17, 15) is 4.79 Å². The normalized spacial score (nSPS) is 18.2. The van der Waals surface area contributed by atoms with Crippen molar-refractivity contribution in [2.24, 2.45) is 0 Å². The number of aromatic nitrogens is 2. The molecule has 0 aliphatic carbocycles. The minimum Gasteiger partial charge on any atom is -0.493 e. The van der Waals surface area contributed by atoms with Gasteiger partial charge in [-0.3, -0.25) is 4.79 Å². The van der Waals surface area contributed by atoms with E-state index in [-0.39, 0.29) is 11.3 Å². The number of nitrogens with one attached hydrogen (secondary N) is 1. The first-order valence-corrected chi connectivity index (χ1v) is 19.1. The van der Waals surface area contributed by atoms with Crippen molar-refractivity contribution in [2.45, 2.75) is 77.3 Å². The molecule has 2 fully saturated rings. The number of imidazole rings is 1. The van der Waals surface area contributed by atoms with E-state index in [0.29, 0.717) is 55.2 Å². The van der Waals surface area contributed by atoms with Crippen molar-refractivity contribution >= 4 is 22.9 Å². The van der Waals surface area contributed by atoms with Crippen LogP contribution in [0.1, 0.15) is 73.5 Å². The zero-order valence-electron chi connectivity index (χ0n) is 32.0. The first-order chi connectivity index (χ1) is 25.4. The Morgan fingerprint density at radius 3 is 2.29 bits per heavy atom. The van der Waals surface area contributed by atoms with Gasteiger partial charge < -0.3 is 38.6 Å². The molecular formula is C42H57N5O5. The van der Waals surface area contributed by atoms with Crippen molar-refractivity contribution in [2.75, 3.05) is 72.6 Å². The van der Waals surface area contributed by atoms with Crippen molar-refractivity contribution < 1.29 is 23.7 Å². The molecule has 0 spiro atoms. The van der Waals surface area contributed by atoms with Gasteiger partial charge in [-0.2, -0.15) is 0 Å². The molecule has 6 rings (SSSR count). The zero-order chi connectivity index (χ0) is 36.7. The third-order valence-electron chi connectivity index (χ3n) is 11.3. The molecule has 1 amide bonds. The molecule has 280 valence electrons. The van der Waals surface area contributed by atoms with E-state index in [0.717, 1.165) is 81.7 Å². The topological polar surface area (TPSA) is 90.3 Å². The number of ether oxygens (including phenoxy) is 4. The lowest BCUT2D eigenvalue weighted by Crippen LogP contribution is -2.42. The predicted octanol–water partition coefficient (Wildman–Crippen LogP) is 6.97. The van der Waals surface area contributed by atoms with Crippen LogP contribution in [0.5, 0.6) is 17.2 Å². The van der Waals surface area contributed by atoms with E-state index >= 15 is 0 Å². The highest BCUT2D eigenvalue weighted by Gasteiger charge is 2.42. The van der Waals surface area contributed by atoms with Crippen molar-refractivity contribution in [3.63, 3.8) is 0 Å². The number of carbonyl (C=O) groups is 1. The monoisotopic (exact) mass is 711 g/mol. The standard InChI is InChI=1S/C42H57N5O5/c1-7-30-14-15-33(26-31(30)8-2)42(19-23-46(29-42)40(48)32-27-37(49-4)39(51-6)38(28-32)50-5)18-22-45-20-16-34(17-21-45)43-41-44-35-12-10-11-13-36(35)47(41)24-25-52-9-3/h10-15,26-28,34H,7-9,16-25,29H2,1-6H3,(H,43,44). The highest BCUT2D eigenvalue weighted by Crippen LogP contribution is 2.42. The summed E-state index contributed by atoms with van der Waals surface area (Å²) in [5, 5.41) is 3.80. The molecule has 3 aromatic carbocycles. The van der Waals surface area contributed by atoms with Gasteiger partial charge in [-0.15, -0.1) is 0 Å². The zero-order valence-corrected chi connectivity index (χ0v) is 32.0. The molecule has 1 N–H and O–H groups in total. The van der Waals surface area contributed by atoms with Crippen LogP contribution < -0.4 is 19.5 Å². The number of amides is 1. The number of anilines is 1. The lowest BCUT2D eigenvalue weighted by Gasteiger charge is -2.37. The van der Waals surface area contributed by atoms with Gasteiger partial charge in [0.15, 0.2) is 11.5 Å². The number of rotatable bonds is 16. The van der Waals surface area contributed by atoms with Crippen LogP contribution >= 0.6 is 0 Å². The molecule has 1 aromatic heterocycles. The second-order valence-electron chi connectivity index (χ2n) is 14.1. The van der Waals surface area contributed by atoms with E-state index in [1.165, 1.54) is 16.7 Å². The quantitative estimate of drug-likeness (QED) is 0.125.